The lowest BCUT2D eigenvalue weighted by Crippen LogP contribution is -2.43. The molecule has 0 spiro atoms. The first-order valence-electron chi connectivity index (χ1n) is 8.90. The molecule has 1 aromatic carbocycles. The Labute approximate surface area is 147 Å². The summed E-state index contributed by atoms with van der Waals surface area (Å²) in [4.78, 5) is 27.5. The highest BCUT2D eigenvalue weighted by Gasteiger charge is 2.25. The van der Waals surface area contributed by atoms with Crippen molar-refractivity contribution in [3.8, 4) is 0 Å². The Balaban J connectivity index is 1.41. The van der Waals surface area contributed by atoms with E-state index in [1.54, 1.807) is 11.0 Å². The second kappa shape index (κ2) is 7.82. The Bertz CT molecular complexity index is 652. The molecule has 0 saturated carbocycles. The molecular formula is C18H25FN4O2. The number of nitrogens with zero attached hydrogens (tertiary/aromatic N) is 2. The number of anilines is 1. The van der Waals surface area contributed by atoms with Crippen LogP contribution in [0.25, 0.3) is 0 Å². The molecule has 1 fully saturated rings. The van der Waals surface area contributed by atoms with Crippen molar-refractivity contribution in [3.63, 3.8) is 0 Å². The normalized spacial score (nSPS) is 20.4. The lowest BCUT2D eigenvalue weighted by atomic mass is 9.97. The highest BCUT2D eigenvalue weighted by molar-refractivity contribution is 5.94. The van der Waals surface area contributed by atoms with Crippen molar-refractivity contribution >= 4 is 17.6 Å². The maximum absolute atomic E-state index is 13.2. The maximum Gasteiger partial charge on any atom is 0.321 e. The third-order valence-electron chi connectivity index (χ3n) is 5.02. The molecule has 2 aliphatic heterocycles. The summed E-state index contributed by atoms with van der Waals surface area (Å²) >= 11 is 0. The van der Waals surface area contributed by atoms with Crippen molar-refractivity contribution in [2.24, 2.45) is 11.7 Å². The van der Waals surface area contributed by atoms with Crippen molar-refractivity contribution < 1.29 is 14.0 Å². The lowest BCUT2D eigenvalue weighted by Gasteiger charge is -2.31. The van der Waals surface area contributed by atoms with E-state index in [0.717, 1.165) is 43.6 Å². The van der Waals surface area contributed by atoms with E-state index in [0.29, 0.717) is 26.1 Å². The number of hydrogen-bond acceptors (Lipinski definition) is 3. The first-order valence-corrected chi connectivity index (χ1v) is 8.90. The third kappa shape index (κ3) is 4.28. The van der Waals surface area contributed by atoms with Gasteiger partial charge in [-0.2, -0.15) is 0 Å². The summed E-state index contributed by atoms with van der Waals surface area (Å²) in [5.41, 5.74) is 7.06. The molecule has 1 saturated heterocycles. The van der Waals surface area contributed by atoms with Crippen molar-refractivity contribution in [1.82, 2.24) is 10.2 Å². The summed E-state index contributed by atoms with van der Waals surface area (Å²) in [6.07, 6.45) is 3.36. The molecule has 0 aromatic heterocycles. The standard InChI is InChI=1S/C18H25FN4O2/c19-15-4-5-16-13(11-15)6-10-23(16)18(25)21-7-2-9-22-8-1-3-14(12-22)17(20)24/h4-5,11,14H,1-3,6-10,12H2,(H2,20,24)(H,21,25). The van der Waals surface area contributed by atoms with E-state index in [1.807, 2.05) is 0 Å². The van der Waals surface area contributed by atoms with Gasteiger partial charge in [0.25, 0.3) is 0 Å². The summed E-state index contributed by atoms with van der Waals surface area (Å²) in [5.74, 6) is -0.538. The van der Waals surface area contributed by atoms with E-state index in [1.165, 1.54) is 12.1 Å². The van der Waals surface area contributed by atoms with Crippen LogP contribution in [0, 0.1) is 11.7 Å². The van der Waals surface area contributed by atoms with Gasteiger partial charge in [-0.3, -0.25) is 9.69 Å². The second-order valence-corrected chi connectivity index (χ2v) is 6.80. The van der Waals surface area contributed by atoms with E-state index in [9.17, 15) is 14.0 Å². The molecule has 2 aliphatic rings. The Morgan fingerprint density at radius 2 is 2.16 bits per heavy atom. The summed E-state index contributed by atoms with van der Waals surface area (Å²) < 4.78 is 13.2. The molecule has 2 heterocycles. The van der Waals surface area contributed by atoms with Crippen LogP contribution in [0.5, 0.6) is 0 Å². The number of primary amides is 1. The molecule has 136 valence electrons. The molecule has 3 rings (SSSR count). The molecule has 3 amide bonds. The SMILES string of the molecule is NC(=O)C1CCCN(CCCNC(=O)N2CCc3cc(F)ccc32)C1. The summed E-state index contributed by atoms with van der Waals surface area (Å²) in [6, 6.07) is 4.40. The summed E-state index contributed by atoms with van der Waals surface area (Å²) in [6.45, 7) is 3.68. The first-order chi connectivity index (χ1) is 12.0. The zero-order valence-electron chi connectivity index (χ0n) is 14.3. The van der Waals surface area contributed by atoms with Gasteiger partial charge in [-0.1, -0.05) is 0 Å². The molecule has 0 aliphatic carbocycles. The van der Waals surface area contributed by atoms with Crippen LogP contribution in [-0.2, 0) is 11.2 Å². The number of urea groups is 1. The van der Waals surface area contributed by atoms with Gasteiger partial charge in [0, 0.05) is 25.3 Å². The van der Waals surface area contributed by atoms with Crippen molar-refractivity contribution in [1.29, 1.82) is 0 Å². The van der Waals surface area contributed by atoms with Crippen LogP contribution >= 0.6 is 0 Å². The number of nitrogens with two attached hydrogens (primary N) is 1. The van der Waals surface area contributed by atoms with Gasteiger partial charge in [-0.15, -0.1) is 0 Å². The van der Waals surface area contributed by atoms with Crippen LogP contribution in [-0.4, -0.2) is 49.6 Å². The highest BCUT2D eigenvalue weighted by atomic mass is 19.1. The zero-order valence-corrected chi connectivity index (χ0v) is 14.3. The van der Waals surface area contributed by atoms with E-state index in [4.69, 9.17) is 5.73 Å². The van der Waals surface area contributed by atoms with Crippen molar-refractivity contribution in [2.45, 2.75) is 25.7 Å². The molecule has 0 radical (unpaired) electrons. The average Bonchev–Trinajstić information content (AvgIpc) is 3.01. The average molecular weight is 348 g/mol. The number of fused-ring (bicyclic) bond motifs is 1. The minimum atomic E-state index is -0.267. The highest BCUT2D eigenvalue weighted by Crippen LogP contribution is 2.28. The number of rotatable bonds is 5. The first kappa shape index (κ1) is 17.7. The third-order valence-corrected chi connectivity index (χ3v) is 5.02. The molecule has 1 unspecified atom stereocenters. The number of halogens is 1. The smallest absolute Gasteiger partial charge is 0.321 e. The number of carbonyl (C=O) groups excluding carboxylic acids is 2. The molecule has 7 heteroatoms. The fourth-order valence-corrected chi connectivity index (χ4v) is 3.67. The van der Waals surface area contributed by atoms with E-state index < -0.39 is 0 Å². The van der Waals surface area contributed by atoms with Crippen molar-refractivity contribution in [3.05, 3.63) is 29.6 Å². The van der Waals surface area contributed by atoms with Gasteiger partial charge in [0.2, 0.25) is 5.91 Å². The molecule has 25 heavy (non-hydrogen) atoms. The number of amides is 3. The van der Waals surface area contributed by atoms with Gasteiger partial charge >= 0.3 is 6.03 Å². The van der Waals surface area contributed by atoms with E-state index in [2.05, 4.69) is 10.2 Å². The number of piperidine rings is 1. The van der Waals surface area contributed by atoms with E-state index >= 15 is 0 Å². The fraction of sp³-hybridized carbons (Fsp3) is 0.556. The Hall–Kier alpha value is -2.15. The Morgan fingerprint density at radius 3 is 2.96 bits per heavy atom. The minimum absolute atomic E-state index is 0.0511. The van der Waals surface area contributed by atoms with Crippen molar-refractivity contribution in [2.75, 3.05) is 37.6 Å². The zero-order chi connectivity index (χ0) is 17.8. The maximum atomic E-state index is 13.2. The fourth-order valence-electron chi connectivity index (χ4n) is 3.67. The van der Waals surface area contributed by atoms with Gasteiger partial charge in [-0.05, 0) is 62.5 Å². The number of likely N-dealkylation sites (tertiary alicyclic amines) is 1. The quantitative estimate of drug-likeness (QED) is 0.791. The van der Waals surface area contributed by atoms with Crippen LogP contribution in [0.4, 0.5) is 14.9 Å². The van der Waals surface area contributed by atoms with Crippen LogP contribution in [0.1, 0.15) is 24.8 Å². The summed E-state index contributed by atoms with van der Waals surface area (Å²) in [7, 11) is 0. The van der Waals surface area contributed by atoms with Gasteiger partial charge in [0.05, 0.1) is 5.92 Å². The lowest BCUT2D eigenvalue weighted by molar-refractivity contribution is -0.123. The predicted molar refractivity (Wildman–Crippen MR) is 93.8 cm³/mol. The molecule has 3 N–H and O–H groups in total. The summed E-state index contributed by atoms with van der Waals surface area (Å²) in [5, 5.41) is 2.93. The van der Waals surface area contributed by atoms with Gasteiger partial charge < -0.3 is 16.0 Å². The molecule has 1 aromatic rings. The van der Waals surface area contributed by atoms with Crippen LogP contribution in [0.3, 0.4) is 0 Å². The Kier molecular flexibility index (Phi) is 5.53. The Morgan fingerprint density at radius 1 is 1.32 bits per heavy atom. The second-order valence-electron chi connectivity index (χ2n) is 6.80. The number of carbonyl (C=O) groups is 2. The van der Waals surface area contributed by atoms with Gasteiger partial charge in [0.1, 0.15) is 5.82 Å². The predicted octanol–water partition coefficient (Wildman–Crippen LogP) is 1.49. The van der Waals surface area contributed by atoms with Gasteiger partial charge in [0.15, 0.2) is 0 Å². The van der Waals surface area contributed by atoms with Crippen LogP contribution in [0.15, 0.2) is 18.2 Å². The largest absolute Gasteiger partial charge is 0.369 e. The van der Waals surface area contributed by atoms with Crippen LogP contribution in [0.2, 0.25) is 0 Å². The van der Waals surface area contributed by atoms with Crippen LogP contribution < -0.4 is 16.0 Å². The topological polar surface area (TPSA) is 78.7 Å². The van der Waals surface area contributed by atoms with E-state index in [-0.39, 0.29) is 23.7 Å². The molecule has 6 nitrogen and oxygen atoms in total. The molecule has 0 bridgehead atoms. The number of benzene rings is 1. The molecular weight excluding hydrogens is 323 g/mol. The number of hydrogen-bond donors (Lipinski definition) is 2. The minimum Gasteiger partial charge on any atom is -0.369 e. The number of nitrogens with one attached hydrogen (secondary N) is 1. The molecule has 1 atom stereocenters. The monoisotopic (exact) mass is 348 g/mol. The van der Waals surface area contributed by atoms with Gasteiger partial charge in [-0.25, -0.2) is 9.18 Å².